The van der Waals surface area contributed by atoms with Crippen molar-refractivity contribution in [2.75, 3.05) is 27.1 Å². The van der Waals surface area contributed by atoms with Crippen molar-refractivity contribution in [3.63, 3.8) is 0 Å². The first-order valence-corrected chi connectivity index (χ1v) is 14.4. The van der Waals surface area contributed by atoms with Crippen LogP contribution < -0.4 is 45.2 Å². The van der Waals surface area contributed by atoms with E-state index in [0.717, 1.165) is 69.1 Å². The highest BCUT2D eigenvalue weighted by atomic mass is 79.9. The third-order valence-electron chi connectivity index (χ3n) is 8.00. The molecule has 0 N–H and O–H groups in total. The molecule has 4 aromatic carbocycles. The standard InChI is InChI=1S/C35H29N2O6.BrH/c1-38-31-12-9-23-17-29-26-19-33-32(41-21-42-33)18-24(26)13-14-37(29)20-27(23)34(31)40-16-4-15-39-25-10-7-22(8-11-25)35-36-28-5-2-3-6-30(28)43-35;/h2-3,5-12,17-20H,4,13-16,21H2,1H3;1H/q+1;/p-1. The van der Waals surface area contributed by atoms with Crippen molar-refractivity contribution in [1.82, 2.24) is 4.98 Å². The average Bonchev–Trinajstić information content (AvgIpc) is 3.70. The second kappa shape index (κ2) is 11.7. The van der Waals surface area contributed by atoms with Crippen LogP contribution in [0.4, 0.5) is 0 Å². The molecule has 0 radical (unpaired) electrons. The zero-order valence-corrected chi connectivity index (χ0v) is 25.6. The Hall–Kier alpha value is -4.76. The van der Waals surface area contributed by atoms with Crippen LogP contribution in [0.2, 0.25) is 0 Å². The van der Waals surface area contributed by atoms with Gasteiger partial charge in [0.1, 0.15) is 11.3 Å². The van der Waals surface area contributed by atoms with Gasteiger partial charge in [0, 0.05) is 24.5 Å². The normalized spacial score (nSPS) is 12.8. The predicted molar refractivity (Wildman–Crippen MR) is 161 cm³/mol. The molecule has 4 heterocycles. The minimum absolute atomic E-state index is 0. The van der Waals surface area contributed by atoms with Crippen LogP contribution in [0.15, 0.2) is 89.5 Å². The Balaban J connectivity index is 0.00000312. The van der Waals surface area contributed by atoms with E-state index in [1.54, 1.807) is 7.11 Å². The molecule has 0 spiro atoms. The quantitative estimate of drug-likeness (QED) is 0.183. The lowest BCUT2D eigenvalue weighted by atomic mass is 9.95. The van der Waals surface area contributed by atoms with Crippen LogP contribution in [0.1, 0.15) is 12.0 Å². The van der Waals surface area contributed by atoms with E-state index in [0.29, 0.717) is 31.3 Å². The van der Waals surface area contributed by atoms with Crippen molar-refractivity contribution in [3.05, 3.63) is 90.6 Å². The minimum Gasteiger partial charge on any atom is -1.00 e. The summed E-state index contributed by atoms with van der Waals surface area (Å²) in [6.45, 7) is 2.15. The number of nitrogens with zero attached hydrogens (tertiary/aromatic N) is 2. The molecule has 0 saturated carbocycles. The smallest absolute Gasteiger partial charge is 0.231 e. The summed E-state index contributed by atoms with van der Waals surface area (Å²) in [4.78, 5) is 4.56. The van der Waals surface area contributed by atoms with E-state index in [2.05, 4.69) is 40.0 Å². The van der Waals surface area contributed by atoms with E-state index < -0.39 is 0 Å². The van der Waals surface area contributed by atoms with Crippen molar-refractivity contribution < 1.29 is 49.7 Å². The van der Waals surface area contributed by atoms with Crippen LogP contribution in [0.25, 0.3) is 44.6 Å². The Kier molecular flexibility index (Phi) is 7.47. The van der Waals surface area contributed by atoms with Crippen LogP contribution in [0.3, 0.4) is 0 Å². The summed E-state index contributed by atoms with van der Waals surface area (Å²) in [6, 6.07) is 26.0. The number of aromatic nitrogens is 2. The highest BCUT2D eigenvalue weighted by Crippen LogP contribution is 2.41. The van der Waals surface area contributed by atoms with Gasteiger partial charge in [-0.05, 0) is 71.6 Å². The maximum absolute atomic E-state index is 6.33. The molecule has 0 atom stereocenters. The molecule has 0 aliphatic carbocycles. The monoisotopic (exact) mass is 652 g/mol. The number of rotatable bonds is 8. The SMILES string of the molecule is COc1ccc2cc3[n+](cc2c1OCCCOc1ccc(-c2nc4ccccc4o2)cc1)CCc1cc2c(cc1-3)OCO2.[Br-]. The van der Waals surface area contributed by atoms with E-state index in [-0.39, 0.29) is 23.8 Å². The fourth-order valence-electron chi connectivity index (χ4n) is 5.82. The van der Waals surface area contributed by atoms with E-state index in [1.807, 2.05) is 54.6 Å². The number of aryl methyl sites for hydroxylation is 2. The second-order valence-electron chi connectivity index (χ2n) is 10.6. The van der Waals surface area contributed by atoms with E-state index in [4.69, 9.17) is 28.1 Å². The Morgan fingerprint density at radius 3 is 2.55 bits per heavy atom. The number of oxazole rings is 1. The van der Waals surface area contributed by atoms with Crippen molar-refractivity contribution in [2.24, 2.45) is 0 Å². The summed E-state index contributed by atoms with van der Waals surface area (Å²) >= 11 is 0. The summed E-state index contributed by atoms with van der Waals surface area (Å²) in [5, 5.41) is 2.10. The molecule has 2 aliphatic rings. The highest BCUT2D eigenvalue weighted by molar-refractivity contribution is 5.91. The molecule has 2 aromatic heterocycles. The summed E-state index contributed by atoms with van der Waals surface area (Å²) < 4.78 is 37.4. The van der Waals surface area contributed by atoms with Crippen LogP contribution >= 0.6 is 0 Å². The highest BCUT2D eigenvalue weighted by Gasteiger charge is 2.28. The fraction of sp³-hybridized carbons (Fsp3) is 0.200. The molecule has 8 nitrogen and oxygen atoms in total. The third-order valence-corrected chi connectivity index (χ3v) is 8.00. The number of para-hydroxylation sites is 2. The topological polar surface area (TPSA) is 76.1 Å². The maximum Gasteiger partial charge on any atom is 0.231 e. The van der Waals surface area contributed by atoms with Gasteiger partial charge in [0.25, 0.3) is 0 Å². The molecule has 0 saturated heterocycles. The summed E-state index contributed by atoms with van der Waals surface area (Å²) in [7, 11) is 1.67. The Bertz CT molecular complexity index is 1960. The van der Waals surface area contributed by atoms with Gasteiger partial charge < -0.3 is 45.1 Å². The van der Waals surface area contributed by atoms with Crippen molar-refractivity contribution in [3.8, 4) is 51.5 Å². The van der Waals surface area contributed by atoms with E-state index in [9.17, 15) is 0 Å². The molecule has 0 bridgehead atoms. The largest absolute Gasteiger partial charge is 1.00 e. The van der Waals surface area contributed by atoms with E-state index >= 15 is 0 Å². The number of benzene rings is 4. The molecule has 2 aliphatic heterocycles. The van der Waals surface area contributed by atoms with Crippen molar-refractivity contribution in [1.29, 1.82) is 0 Å². The summed E-state index contributed by atoms with van der Waals surface area (Å²) in [6.07, 6.45) is 3.80. The molecular formula is C35H29BrN2O6. The number of hydrogen-bond acceptors (Lipinski definition) is 7. The lowest BCUT2D eigenvalue weighted by molar-refractivity contribution is -0.686. The maximum atomic E-state index is 6.33. The van der Waals surface area contributed by atoms with Crippen molar-refractivity contribution in [2.45, 2.75) is 19.4 Å². The van der Waals surface area contributed by atoms with Crippen LogP contribution in [0.5, 0.6) is 28.7 Å². The van der Waals surface area contributed by atoms with Gasteiger partial charge in [-0.2, -0.15) is 4.57 Å². The van der Waals surface area contributed by atoms with Crippen LogP contribution in [-0.2, 0) is 13.0 Å². The number of methoxy groups -OCH3 is 1. The lowest BCUT2D eigenvalue weighted by Gasteiger charge is -2.18. The first-order chi connectivity index (χ1) is 21.2. The number of pyridine rings is 1. The summed E-state index contributed by atoms with van der Waals surface area (Å²) in [5.41, 5.74) is 6.13. The summed E-state index contributed by atoms with van der Waals surface area (Å²) in [5.74, 6) is 4.47. The fourth-order valence-corrected chi connectivity index (χ4v) is 5.82. The van der Waals surface area contributed by atoms with Gasteiger partial charge in [0.2, 0.25) is 18.4 Å². The predicted octanol–water partition coefficient (Wildman–Crippen LogP) is 3.75. The van der Waals surface area contributed by atoms with Gasteiger partial charge in [0.15, 0.2) is 41.3 Å². The molecule has 8 rings (SSSR count). The molecule has 0 amide bonds. The van der Waals surface area contributed by atoms with Gasteiger partial charge in [-0.3, -0.25) is 0 Å². The van der Waals surface area contributed by atoms with Gasteiger partial charge in [-0.15, -0.1) is 0 Å². The van der Waals surface area contributed by atoms with Gasteiger partial charge >= 0.3 is 0 Å². The molecule has 222 valence electrons. The molecular weight excluding hydrogens is 624 g/mol. The van der Waals surface area contributed by atoms with Gasteiger partial charge in [0.05, 0.1) is 31.3 Å². The molecule has 44 heavy (non-hydrogen) atoms. The molecule has 6 aromatic rings. The zero-order valence-electron chi connectivity index (χ0n) is 24.0. The van der Waals surface area contributed by atoms with Gasteiger partial charge in [-0.1, -0.05) is 12.1 Å². The molecule has 0 fully saturated rings. The number of fused-ring (bicyclic) bond motifs is 6. The van der Waals surface area contributed by atoms with Crippen LogP contribution in [0, 0.1) is 0 Å². The Morgan fingerprint density at radius 1 is 0.886 bits per heavy atom. The van der Waals surface area contributed by atoms with Crippen molar-refractivity contribution >= 4 is 21.9 Å². The van der Waals surface area contributed by atoms with Gasteiger partial charge in [-0.25, -0.2) is 4.98 Å². The molecule has 0 unspecified atom stereocenters. The first kappa shape index (κ1) is 28.0. The Morgan fingerprint density at radius 2 is 1.70 bits per heavy atom. The number of hydrogen-bond donors (Lipinski definition) is 0. The third kappa shape index (κ3) is 5.07. The minimum atomic E-state index is 0. The lowest BCUT2D eigenvalue weighted by Crippen LogP contribution is -3.00. The average molecular weight is 654 g/mol. The number of ether oxygens (including phenoxy) is 5. The number of halogens is 1. The Labute approximate surface area is 264 Å². The first-order valence-electron chi connectivity index (χ1n) is 14.4. The van der Waals surface area contributed by atoms with E-state index in [1.165, 1.54) is 11.1 Å². The zero-order chi connectivity index (χ0) is 28.8. The van der Waals surface area contributed by atoms with Crippen LogP contribution in [-0.4, -0.2) is 32.1 Å². The second-order valence-corrected chi connectivity index (χ2v) is 10.6. The molecule has 9 heteroatoms.